The molecule has 3 aromatic carbocycles. The molecule has 0 atom stereocenters. The Morgan fingerprint density at radius 1 is 0.775 bits per heavy atom. The molecule has 2 aromatic heterocycles. The summed E-state index contributed by atoms with van der Waals surface area (Å²) in [5.74, 6) is 0. The summed E-state index contributed by atoms with van der Waals surface area (Å²) in [6, 6.07) is 18.4. The third-order valence-corrected chi connectivity index (χ3v) is 8.54. The zero-order chi connectivity index (χ0) is 29.2. The minimum Gasteiger partial charge on any atom is -0.254 e. The molecule has 0 aliphatic carbocycles. The Kier molecular flexibility index (Phi) is 6.89. The van der Waals surface area contributed by atoms with E-state index in [1.54, 1.807) is 6.07 Å². The summed E-state index contributed by atoms with van der Waals surface area (Å²) in [5.41, 5.74) is 6.29. The molecule has 5 rings (SSSR count). The molecule has 5 heteroatoms. The number of alkyl halides is 3. The van der Waals surface area contributed by atoms with Gasteiger partial charge < -0.3 is 0 Å². The largest absolute Gasteiger partial charge is 0.418 e. The van der Waals surface area contributed by atoms with Gasteiger partial charge >= 0.3 is 6.18 Å². The molecular weight excluding hydrogens is 523 g/mol. The van der Waals surface area contributed by atoms with E-state index in [-0.39, 0.29) is 16.2 Å². The second kappa shape index (κ2) is 9.73. The maximum absolute atomic E-state index is 14.2. The second-order valence-electron chi connectivity index (χ2n) is 13.2. The van der Waals surface area contributed by atoms with Crippen LogP contribution in [0.15, 0.2) is 60.8 Å². The van der Waals surface area contributed by atoms with E-state index in [2.05, 4.69) is 96.8 Å². The highest BCUT2D eigenvalue weighted by molar-refractivity contribution is 7.22. The number of aromatic nitrogens is 1. The Balaban J connectivity index is 1.77. The van der Waals surface area contributed by atoms with Gasteiger partial charge in [-0.15, -0.1) is 11.3 Å². The molecule has 0 fully saturated rings. The number of thiophene rings is 1. The monoisotopic (exact) mass is 559 g/mol. The maximum atomic E-state index is 14.2. The van der Waals surface area contributed by atoms with Crippen LogP contribution in [-0.4, -0.2) is 4.98 Å². The summed E-state index contributed by atoms with van der Waals surface area (Å²) >= 11 is 1.41. The lowest BCUT2D eigenvalue weighted by Gasteiger charge is -2.23. The molecule has 0 aliphatic heterocycles. The minimum absolute atomic E-state index is 0.145. The number of nitrogens with zero attached hydrogens (tertiary/aromatic N) is 1. The molecule has 0 N–H and O–H groups in total. The summed E-state index contributed by atoms with van der Waals surface area (Å²) in [4.78, 5) is 5.31. The predicted molar refractivity (Wildman–Crippen MR) is 164 cm³/mol. The summed E-state index contributed by atoms with van der Waals surface area (Å²) in [7, 11) is 0. The topological polar surface area (TPSA) is 12.9 Å². The van der Waals surface area contributed by atoms with Gasteiger partial charge in [0.25, 0.3) is 0 Å². The SMILES string of the molecule is Cc1cc(CC(C)(C)C)cc(C)c1-c1cc2c(C(F)(F)F)cnc(-c3cc(C(C)(C)C)c4ccccc4c3)c2s1. The highest BCUT2D eigenvalue weighted by Gasteiger charge is 2.35. The Morgan fingerprint density at radius 3 is 2.02 bits per heavy atom. The van der Waals surface area contributed by atoms with E-state index in [9.17, 15) is 13.2 Å². The number of rotatable bonds is 3. The van der Waals surface area contributed by atoms with Crippen molar-refractivity contribution in [2.24, 2.45) is 5.41 Å². The molecular formula is C35H36F3NS. The Bertz CT molecular complexity index is 1720. The molecule has 5 aromatic rings. The highest BCUT2D eigenvalue weighted by atomic mass is 32.1. The van der Waals surface area contributed by atoms with Crippen LogP contribution in [0.4, 0.5) is 13.2 Å². The average molecular weight is 560 g/mol. The van der Waals surface area contributed by atoms with Crippen LogP contribution in [0.1, 0.15) is 69.4 Å². The third kappa shape index (κ3) is 5.41. The van der Waals surface area contributed by atoms with Gasteiger partial charge in [-0.1, -0.05) is 77.9 Å². The number of aryl methyl sites for hydroxylation is 2. The van der Waals surface area contributed by atoms with Crippen molar-refractivity contribution in [1.29, 1.82) is 0 Å². The summed E-state index contributed by atoms with van der Waals surface area (Å²) < 4.78 is 43.2. The quantitative estimate of drug-likeness (QED) is 0.214. The molecule has 1 nitrogen and oxygen atoms in total. The van der Waals surface area contributed by atoms with E-state index < -0.39 is 11.7 Å². The number of pyridine rings is 1. The highest BCUT2D eigenvalue weighted by Crippen LogP contribution is 2.46. The van der Waals surface area contributed by atoms with Gasteiger partial charge in [0.15, 0.2) is 0 Å². The van der Waals surface area contributed by atoms with Gasteiger partial charge in [0.1, 0.15) is 0 Å². The smallest absolute Gasteiger partial charge is 0.254 e. The first-order valence-electron chi connectivity index (χ1n) is 13.7. The van der Waals surface area contributed by atoms with Crippen LogP contribution in [0.3, 0.4) is 0 Å². The fourth-order valence-corrected chi connectivity index (χ4v) is 7.17. The van der Waals surface area contributed by atoms with E-state index >= 15 is 0 Å². The third-order valence-electron chi connectivity index (χ3n) is 7.38. The van der Waals surface area contributed by atoms with Crippen molar-refractivity contribution in [3.63, 3.8) is 0 Å². The van der Waals surface area contributed by atoms with Crippen LogP contribution in [0, 0.1) is 19.3 Å². The summed E-state index contributed by atoms with van der Waals surface area (Å²) in [5, 5.41) is 2.41. The van der Waals surface area contributed by atoms with Gasteiger partial charge in [0.05, 0.1) is 16.0 Å². The summed E-state index contributed by atoms with van der Waals surface area (Å²) in [6.45, 7) is 17.2. The molecule has 40 heavy (non-hydrogen) atoms. The first-order chi connectivity index (χ1) is 18.5. The fourth-order valence-electron chi connectivity index (χ4n) is 5.80. The van der Waals surface area contributed by atoms with Crippen molar-refractivity contribution in [3.8, 4) is 21.7 Å². The van der Waals surface area contributed by atoms with Crippen LogP contribution in [0.5, 0.6) is 0 Å². The van der Waals surface area contributed by atoms with Gasteiger partial charge in [0, 0.05) is 22.0 Å². The lowest BCUT2D eigenvalue weighted by Crippen LogP contribution is -2.12. The van der Waals surface area contributed by atoms with Crippen molar-refractivity contribution in [2.45, 2.75) is 73.4 Å². The van der Waals surface area contributed by atoms with Crippen LogP contribution in [-0.2, 0) is 18.0 Å². The molecule has 208 valence electrons. The van der Waals surface area contributed by atoms with Crippen LogP contribution >= 0.6 is 11.3 Å². The average Bonchev–Trinajstić information content (AvgIpc) is 3.24. The van der Waals surface area contributed by atoms with E-state index in [4.69, 9.17) is 0 Å². The number of halogens is 3. The zero-order valence-electron chi connectivity index (χ0n) is 24.5. The molecule has 0 unspecified atom stereocenters. The van der Waals surface area contributed by atoms with Gasteiger partial charge in [-0.05, 0) is 87.9 Å². The molecule has 0 bridgehead atoms. The van der Waals surface area contributed by atoms with Crippen molar-refractivity contribution in [2.75, 3.05) is 0 Å². The Hall–Kier alpha value is -3.18. The van der Waals surface area contributed by atoms with E-state index in [1.807, 2.05) is 12.1 Å². The number of benzene rings is 3. The zero-order valence-corrected chi connectivity index (χ0v) is 25.3. The van der Waals surface area contributed by atoms with Crippen molar-refractivity contribution in [1.82, 2.24) is 4.98 Å². The molecule has 0 spiro atoms. The normalized spacial score (nSPS) is 13.0. The van der Waals surface area contributed by atoms with Gasteiger partial charge in [-0.3, -0.25) is 4.98 Å². The fraction of sp³-hybridized carbons (Fsp3) is 0.343. The van der Waals surface area contributed by atoms with Crippen LogP contribution < -0.4 is 0 Å². The molecule has 0 saturated carbocycles. The minimum atomic E-state index is -4.50. The molecule has 0 radical (unpaired) electrons. The second-order valence-corrected chi connectivity index (χ2v) is 14.3. The van der Waals surface area contributed by atoms with Gasteiger partial charge in [0.2, 0.25) is 0 Å². The predicted octanol–water partition coefficient (Wildman–Crippen LogP) is 11.3. The van der Waals surface area contributed by atoms with Gasteiger partial charge in [-0.25, -0.2) is 0 Å². The van der Waals surface area contributed by atoms with Crippen molar-refractivity contribution in [3.05, 3.63) is 88.6 Å². The van der Waals surface area contributed by atoms with Gasteiger partial charge in [-0.2, -0.15) is 13.2 Å². The number of hydrogen-bond donors (Lipinski definition) is 0. The number of fused-ring (bicyclic) bond motifs is 2. The molecule has 0 aliphatic rings. The van der Waals surface area contributed by atoms with Crippen LogP contribution in [0.2, 0.25) is 0 Å². The molecule has 2 heterocycles. The standard InChI is InChI=1S/C35H36F3NS/c1-20-13-22(18-33(3,4)5)14-21(2)30(20)29-17-26-28(35(36,37)38)19-39-31(32(26)40-29)24-15-23-11-9-10-12-25(23)27(16-24)34(6,7)8/h9-17,19H,18H2,1-8H3. The van der Waals surface area contributed by atoms with Crippen molar-refractivity contribution < 1.29 is 13.2 Å². The Morgan fingerprint density at radius 2 is 1.43 bits per heavy atom. The number of hydrogen-bond acceptors (Lipinski definition) is 2. The molecule has 0 saturated heterocycles. The van der Waals surface area contributed by atoms with Crippen LogP contribution in [0.25, 0.3) is 42.6 Å². The first kappa shape index (κ1) is 28.4. The lowest BCUT2D eigenvalue weighted by atomic mass is 9.82. The van der Waals surface area contributed by atoms with E-state index in [0.29, 0.717) is 10.4 Å². The molecule has 0 amide bonds. The van der Waals surface area contributed by atoms with E-state index in [0.717, 1.165) is 56.1 Å². The summed E-state index contributed by atoms with van der Waals surface area (Å²) in [6.07, 6.45) is -2.55. The maximum Gasteiger partial charge on any atom is 0.418 e. The Labute approximate surface area is 239 Å². The lowest BCUT2D eigenvalue weighted by molar-refractivity contribution is -0.136. The van der Waals surface area contributed by atoms with Crippen molar-refractivity contribution >= 4 is 32.2 Å². The van der Waals surface area contributed by atoms with E-state index in [1.165, 1.54) is 16.9 Å². The first-order valence-corrected chi connectivity index (χ1v) is 14.5.